The molecule has 3 rings (SSSR count). The first-order valence-corrected chi connectivity index (χ1v) is 10.9. The normalized spacial score (nSPS) is 22.2. The zero-order valence-electron chi connectivity index (χ0n) is 18.0. The van der Waals surface area contributed by atoms with Crippen LogP contribution < -0.4 is 16.0 Å². The Kier molecular flexibility index (Phi) is 7.68. The molecule has 2 aliphatic rings. The van der Waals surface area contributed by atoms with Gasteiger partial charge in [0.2, 0.25) is 17.7 Å². The molecule has 10 nitrogen and oxygen atoms in total. The first-order valence-electron chi connectivity index (χ1n) is 10.9. The van der Waals surface area contributed by atoms with Crippen molar-refractivity contribution in [2.75, 3.05) is 13.1 Å². The maximum atomic E-state index is 12.9. The maximum Gasteiger partial charge on any atom is 0.326 e. The summed E-state index contributed by atoms with van der Waals surface area (Å²) in [7, 11) is 0. The highest BCUT2D eigenvalue weighted by molar-refractivity contribution is 5.94. The Morgan fingerprint density at radius 1 is 1.09 bits per heavy atom. The molecule has 5 N–H and O–H groups in total. The van der Waals surface area contributed by atoms with Gasteiger partial charge in [0.15, 0.2) is 0 Å². The van der Waals surface area contributed by atoms with Gasteiger partial charge < -0.3 is 31.1 Å². The lowest BCUT2D eigenvalue weighted by molar-refractivity contribution is -0.144. The molecular weight excluding hydrogens is 416 g/mol. The lowest BCUT2D eigenvalue weighted by Crippen LogP contribution is -2.56. The summed E-state index contributed by atoms with van der Waals surface area (Å²) in [4.78, 5) is 51.2. The highest BCUT2D eigenvalue weighted by atomic mass is 16.4. The van der Waals surface area contributed by atoms with Crippen LogP contribution in [0.1, 0.15) is 38.2 Å². The molecule has 2 saturated heterocycles. The van der Waals surface area contributed by atoms with Crippen molar-refractivity contribution in [3.63, 3.8) is 0 Å². The Labute approximate surface area is 186 Å². The van der Waals surface area contributed by atoms with Gasteiger partial charge in [-0.2, -0.15) is 0 Å². The van der Waals surface area contributed by atoms with E-state index in [0.29, 0.717) is 24.9 Å². The van der Waals surface area contributed by atoms with Crippen LogP contribution in [0.4, 0.5) is 0 Å². The van der Waals surface area contributed by atoms with Crippen molar-refractivity contribution in [2.24, 2.45) is 0 Å². The summed E-state index contributed by atoms with van der Waals surface area (Å²) in [6.07, 6.45) is 2.71. The summed E-state index contributed by atoms with van der Waals surface area (Å²) >= 11 is 0. The number of carbonyl (C=O) groups excluding carboxylic acids is 3. The zero-order chi connectivity index (χ0) is 23.3. The average molecular weight is 447 g/mol. The van der Waals surface area contributed by atoms with Crippen LogP contribution in [0.15, 0.2) is 24.3 Å². The van der Waals surface area contributed by atoms with E-state index in [2.05, 4.69) is 16.0 Å². The van der Waals surface area contributed by atoms with Gasteiger partial charge in [0.25, 0.3) is 0 Å². The quantitative estimate of drug-likeness (QED) is 0.370. The second kappa shape index (κ2) is 10.4. The molecule has 2 heterocycles. The number of hydrogen-bond acceptors (Lipinski definition) is 6. The van der Waals surface area contributed by atoms with Crippen molar-refractivity contribution in [1.82, 2.24) is 20.9 Å². The second-order valence-electron chi connectivity index (χ2n) is 8.34. The van der Waals surface area contributed by atoms with Gasteiger partial charge >= 0.3 is 5.97 Å². The molecule has 1 aromatic carbocycles. The first-order chi connectivity index (χ1) is 15.3. The van der Waals surface area contributed by atoms with Crippen molar-refractivity contribution < 1.29 is 29.4 Å². The SMILES string of the molecule is C[C@H](NC(=O)[C@@H]1CCCN1)C(=O)N1CCC[C@H]1C(=O)N[C@@H](Cc1ccc(O)cc1)C(=O)O. The van der Waals surface area contributed by atoms with Crippen molar-refractivity contribution in [3.05, 3.63) is 29.8 Å². The fourth-order valence-electron chi connectivity index (χ4n) is 4.17. The maximum absolute atomic E-state index is 12.9. The minimum atomic E-state index is -1.19. The third kappa shape index (κ3) is 5.76. The van der Waals surface area contributed by atoms with Crippen LogP contribution in [-0.4, -0.2) is 76.1 Å². The standard InChI is InChI=1S/C22H30N4O6/c1-13(24-19(28)16-4-2-10-23-16)21(30)26-11-3-5-18(26)20(29)25-17(22(31)32)12-14-6-8-15(27)9-7-14/h6-9,13,16-18,23,27H,2-5,10-12H2,1H3,(H,24,28)(H,25,29)(H,31,32)/t13-,16-,17-,18-/m0/s1. The molecule has 10 heteroatoms. The highest BCUT2D eigenvalue weighted by Crippen LogP contribution is 2.19. The number of likely N-dealkylation sites (tertiary alicyclic amines) is 1. The highest BCUT2D eigenvalue weighted by Gasteiger charge is 2.38. The number of aliphatic carboxylic acids is 1. The minimum absolute atomic E-state index is 0.0445. The third-order valence-electron chi connectivity index (χ3n) is 5.94. The van der Waals surface area contributed by atoms with E-state index < -0.39 is 30.0 Å². The number of carboxylic acids is 1. The molecule has 2 aliphatic heterocycles. The fraction of sp³-hybridized carbons (Fsp3) is 0.545. The molecule has 174 valence electrons. The molecule has 0 bridgehead atoms. The number of nitrogens with one attached hydrogen (secondary N) is 3. The smallest absolute Gasteiger partial charge is 0.326 e. The summed E-state index contributed by atoms with van der Waals surface area (Å²) in [5, 5.41) is 27.3. The Morgan fingerprint density at radius 2 is 1.81 bits per heavy atom. The molecule has 0 saturated carbocycles. The van der Waals surface area contributed by atoms with Crippen LogP contribution in [0.2, 0.25) is 0 Å². The van der Waals surface area contributed by atoms with E-state index in [1.165, 1.54) is 17.0 Å². The van der Waals surface area contributed by atoms with E-state index in [1.54, 1.807) is 19.1 Å². The molecule has 32 heavy (non-hydrogen) atoms. The van der Waals surface area contributed by atoms with Gasteiger partial charge in [-0.1, -0.05) is 12.1 Å². The number of nitrogens with zero attached hydrogens (tertiary/aromatic N) is 1. The number of benzene rings is 1. The molecule has 1 aromatic rings. The van der Waals surface area contributed by atoms with Crippen LogP contribution in [0.25, 0.3) is 0 Å². The molecule has 0 aromatic heterocycles. The van der Waals surface area contributed by atoms with Crippen LogP contribution >= 0.6 is 0 Å². The van der Waals surface area contributed by atoms with Gasteiger partial charge in [-0.25, -0.2) is 4.79 Å². The number of aromatic hydroxyl groups is 1. The minimum Gasteiger partial charge on any atom is -0.508 e. The Balaban J connectivity index is 1.60. The second-order valence-corrected chi connectivity index (χ2v) is 8.34. The van der Waals surface area contributed by atoms with E-state index in [1.807, 2.05) is 0 Å². The summed E-state index contributed by atoms with van der Waals surface area (Å²) in [5.74, 6) is -2.25. The first kappa shape index (κ1) is 23.5. The van der Waals surface area contributed by atoms with Crippen molar-refractivity contribution in [2.45, 2.75) is 63.2 Å². The van der Waals surface area contributed by atoms with Crippen molar-refractivity contribution in [1.29, 1.82) is 0 Å². The molecular formula is C22H30N4O6. The number of carboxylic acid groups (broad SMARTS) is 1. The molecule has 0 unspecified atom stereocenters. The third-order valence-corrected chi connectivity index (χ3v) is 5.94. The van der Waals surface area contributed by atoms with Gasteiger partial charge in [0, 0.05) is 13.0 Å². The fourth-order valence-corrected chi connectivity index (χ4v) is 4.17. The Hall–Kier alpha value is -3.14. The number of amides is 3. The van der Waals surface area contributed by atoms with Gasteiger partial charge in [0.05, 0.1) is 6.04 Å². The van der Waals surface area contributed by atoms with Crippen LogP contribution in [0.5, 0.6) is 5.75 Å². The molecule has 0 aliphatic carbocycles. The number of hydrogen-bond donors (Lipinski definition) is 5. The molecule has 3 amide bonds. The Morgan fingerprint density at radius 3 is 2.44 bits per heavy atom. The van der Waals surface area contributed by atoms with E-state index in [4.69, 9.17) is 0 Å². The monoisotopic (exact) mass is 446 g/mol. The van der Waals surface area contributed by atoms with Crippen LogP contribution in [0, 0.1) is 0 Å². The van der Waals surface area contributed by atoms with Gasteiger partial charge in [-0.05, 0) is 56.8 Å². The van der Waals surface area contributed by atoms with Gasteiger partial charge in [-0.3, -0.25) is 14.4 Å². The van der Waals surface area contributed by atoms with E-state index >= 15 is 0 Å². The Bertz CT molecular complexity index is 852. The van der Waals surface area contributed by atoms with Gasteiger partial charge in [0.1, 0.15) is 23.9 Å². The van der Waals surface area contributed by atoms with Crippen molar-refractivity contribution in [3.8, 4) is 5.75 Å². The summed E-state index contributed by atoms with van der Waals surface area (Å²) in [6, 6.07) is 3.03. The summed E-state index contributed by atoms with van der Waals surface area (Å²) in [6.45, 7) is 2.73. The number of phenolic OH excluding ortho intramolecular Hbond substituents is 1. The van der Waals surface area contributed by atoms with Crippen LogP contribution in [0.3, 0.4) is 0 Å². The number of carbonyl (C=O) groups is 4. The number of phenols is 1. The molecule has 0 spiro atoms. The number of rotatable bonds is 8. The summed E-state index contributed by atoms with van der Waals surface area (Å²) < 4.78 is 0. The van der Waals surface area contributed by atoms with Crippen molar-refractivity contribution >= 4 is 23.7 Å². The predicted octanol–water partition coefficient (Wildman–Crippen LogP) is -0.248. The lowest BCUT2D eigenvalue weighted by atomic mass is 10.0. The van der Waals surface area contributed by atoms with Gasteiger partial charge in [-0.15, -0.1) is 0 Å². The average Bonchev–Trinajstić information content (AvgIpc) is 3.46. The molecule has 0 radical (unpaired) electrons. The van der Waals surface area contributed by atoms with E-state index in [-0.39, 0.29) is 30.0 Å². The van der Waals surface area contributed by atoms with Crippen LogP contribution in [-0.2, 0) is 25.6 Å². The zero-order valence-corrected chi connectivity index (χ0v) is 18.0. The topological polar surface area (TPSA) is 148 Å². The van der Waals surface area contributed by atoms with E-state index in [0.717, 1.165) is 19.4 Å². The van der Waals surface area contributed by atoms with E-state index in [9.17, 15) is 29.4 Å². The molecule has 4 atom stereocenters. The summed E-state index contributed by atoms with van der Waals surface area (Å²) in [5.41, 5.74) is 0.645. The molecule has 2 fully saturated rings. The largest absolute Gasteiger partial charge is 0.508 e. The lowest BCUT2D eigenvalue weighted by Gasteiger charge is -2.28. The predicted molar refractivity (Wildman–Crippen MR) is 115 cm³/mol.